The van der Waals surface area contributed by atoms with Gasteiger partial charge in [-0.15, -0.1) is 0 Å². The molecule has 1 N–H and O–H groups in total. The first-order valence-corrected chi connectivity index (χ1v) is 17.8. The van der Waals surface area contributed by atoms with Crippen LogP contribution in [0.1, 0.15) is 155 Å². The first-order valence-electron chi connectivity index (χ1n) is 17.8. The van der Waals surface area contributed by atoms with E-state index in [-0.39, 0.29) is 25.2 Å². The Morgan fingerprint density at radius 2 is 0.932 bits per heavy atom. The summed E-state index contributed by atoms with van der Waals surface area (Å²) in [7, 11) is 0. The molecule has 1 atom stereocenters. The third kappa shape index (κ3) is 32.5. The van der Waals surface area contributed by atoms with Gasteiger partial charge in [0.2, 0.25) is 0 Å². The highest BCUT2D eigenvalue weighted by Crippen LogP contribution is 2.10. The number of carbonyl (C=O) groups is 2. The summed E-state index contributed by atoms with van der Waals surface area (Å²) in [5.74, 6) is -0.645. The molecule has 0 unspecified atom stereocenters. The van der Waals surface area contributed by atoms with Crippen LogP contribution >= 0.6 is 0 Å². The van der Waals surface area contributed by atoms with Gasteiger partial charge in [0.15, 0.2) is 6.10 Å². The van der Waals surface area contributed by atoms with Gasteiger partial charge in [0.25, 0.3) is 0 Å². The molecule has 252 valence electrons. The second kappa shape index (κ2) is 35.1. The molecule has 0 aliphatic heterocycles. The average Bonchev–Trinajstić information content (AvgIpc) is 3.02. The lowest BCUT2D eigenvalue weighted by Gasteiger charge is -2.15. The molecule has 0 rings (SSSR count). The van der Waals surface area contributed by atoms with E-state index < -0.39 is 6.10 Å². The zero-order valence-corrected chi connectivity index (χ0v) is 28.4. The van der Waals surface area contributed by atoms with Crippen molar-refractivity contribution < 1.29 is 24.2 Å². The number of rotatable bonds is 31. The number of carbonyl (C=O) groups excluding carboxylic acids is 2. The Balaban J connectivity index is 3.69. The molecular formula is C39H66O5. The van der Waals surface area contributed by atoms with Crippen LogP contribution in [0.4, 0.5) is 0 Å². The van der Waals surface area contributed by atoms with Crippen molar-refractivity contribution in [2.75, 3.05) is 13.2 Å². The van der Waals surface area contributed by atoms with Gasteiger partial charge in [-0.3, -0.25) is 9.59 Å². The Labute approximate surface area is 271 Å². The molecule has 5 nitrogen and oxygen atoms in total. The summed E-state index contributed by atoms with van der Waals surface area (Å²) < 4.78 is 10.5. The molecule has 0 bridgehead atoms. The average molecular weight is 615 g/mol. The predicted molar refractivity (Wildman–Crippen MR) is 187 cm³/mol. The fourth-order valence-corrected chi connectivity index (χ4v) is 4.52. The maximum Gasteiger partial charge on any atom is 0.306 e. The highest BCUT2D eigenvalue weighted by molar-refractivity contribution is 5.70. The standard InChI is InChI=1S/C39H66O5/c1-3-5-7-9-11-13-15-16-17-18-19-20-21-22-24-26-28-30-32-34-39(42)44-37(35-40)36-43-38(41)33-31-29-27-25-23-14-12-10-8-6-4-2/h10-13,16-17,19-20,22,24,37,40H,3-9,14-15,18,21,23,25-36H2,1-2H3/b12-10-,13-11-,17-16-,20-19-,24-22-/t37-/m0/s1. The van der Waals surface area contributed by atoms with E-state index in [1.807, 2.05) is 0 Å². The van der Waals surface area contributed by atoms with Gasteiger partial charge in [-0.2, -0.15) is 0 Å². The summed E-state index contributed by atoms with van der Waals surface area (Å²) in [6, 6.07) is 0. The molecule has 0 radical (unpaired) electrons. The van der Waals surface area contributed by atoms with Crippen LogP contribution in [0.15, 0.2) is 60.8 Å². The maximum atomic E-state index is 12.1. The van der Waals surface area contributed by atoms with Crippen molar-refractivity contribution in [1.82, 2.24) is 0 Å². The minimum absolute atomic E-state index is 0.0858. The van der Waals surface area contributed by atoms with E-state index in [2.05, 4.69) is 74.6 Å². The quantitative estimate of drug-likeness (QED) is 0.0478. The van der Waals surface area contributed by atoms with Crippen molar-refractivity contribution in [2.45, 2.75) is 161 Å². The molecule has 0 saturated heterocycles. The van der Waals surface area contributed by atoms with Crippen LogP contribution in [0.2, 0.25) is 0 Å². The fraction of sp³-hybridized carbons (Fsp3) is 0.692. The van der Waals surface area contributed by atoms with Gasteiger partial charge >= 0.3 is 11.9 Å². The monoisotopic (exact) mass is 614 g/mol. The van der Waals surface area contributed by atoms with Crippen LogP contribution in [0, 0.1) is 0 Å². The SMILES string of the molecule is CCCC/C=C\CCCCCCCC(=O)OC[C@H](CO)OC(=O)CCCCC/C=C\C/C=C\C/C=C\C/C=C\CCCCC. The van der Waals surface area contributed by atoms with Gasteiger partial charge in [-0.1, -0.05) is 126 Å². The number of aliphatic hydroxyl groups is 1. The second-order valence-electron chi connectivity index (χ2n) is 11.6. The van der Waals surface area contributed by atoms with E-state index in [4.69, 9.17) is 9.47 Å². The van der Waals surface area contributed by atoms with Crippen molar-refractivity contribution in [3.05, 3.63) is 60.8 Å². The Morgan fingerprint density at radius 1 is 0.523 bits per heavy atom. The summed E-state index contributed by atoms with van der Waals surface area (Å²) in [5.41, 5.74) is 0. The first kappa shape index (κ1) is 41.6. The Kier molecular flexibility index (Phi) is 33.2. The molecule has 0 aliphatic carbocycles. The molecule has 0 aromatic rings. The van der Waals surface area contributed by atoms with Crippen LogP contribution in [0.3, 0.4) is 0 Å². The summed E-state index contributed by atoms with van der Waals surface area (Å²) >= 11 is 0. The van der Waals surface area contributed by atoms with Gasteiger partial charge in [-0.05, 0) is 77.0 Å². The number of ether oxygens (including phenoxy) is 2. The highest BCUT2D eigenvalue weighted by atomic mass is 16.6. The van der Waals surface area contributed by atoms with Gasteiger partial charge < -0.3 is 14.6 Å². The van der Waals surface area contributed by atoms with Gasteiger partial charge in [0.05, 0.1) is 6.61 Å². The lowest BCUT2D eigenvalue weighted by atomic mass is 10.1. The molecule has 0 spiro atoms. The third-order valence-corrected chi connectivity index (χ3v) is 7.28. The molecular weight excluding hydrogens is 548 g/mol. The maximum absolute atomic E-state index is 12.1. The third-order valence-electron chi connectivity index (χ3n) is 7.28. The largest absolute Gasteiger partial charge is 0.462 e. The van der Waals surface area contributed by atoms with Gasteiger partial charge in [0.1, 0.15) is 6.61 Å². The minimum atomic E-state index is -0.791. The molecule has 0 fully saturated rings. The van der Waals surface area contributed by atoms with Crippen LogP contribution in [-0.4, -0.2) is 36.4 Å². The predicted octanol–water partition coefficient (Wildman–Crippen LogP) is 10.8. The topological polar surface area (TPSA) is 72.8 Å². The van der Waals surface area contributed by atoms with E-state index >= 15 is 0 Å². The van der Waals surface area contributed by atoms with Crippen LogP contribution in [-0.2, 0) is 19.1 Å². The smallest absolute Gasteiger partial charge is 0.306 e. The van der Waals surface area contributed by atoms with Crippen LogP contribution < -0.4 is 0 Å². The van der Waals surface area contributed by atoms with E-state index in [1.165, 1.54) is 57.8 Å². The minimum Gasteiger partial charge on any atom is -0.462 e. The lowest BCUT2D eigenvalue weighted by molar-refractivity contribution is -0.161. The van der Waals surface area contributed by atoms with E-state index in [1.54, 1.807) is 0 Å². The molecule has 0 aliphatic rings. The molecule has 0 amide bonds. The summed E-state index contributed by atoms with van der Waals surface area (Å²) in [5, 5.41) is 9.51. The van der Waals surface area contributed by atoms with Crippen molar-refractivity contribution in [3.63, 3.8) is 0 Å². The normalized spacial score (nSPS) is 12.9. The van der Waals surface area contributed by atoms with E-state index in [0.29, 0.717) is 12.8 Å². The van der Waals surface area contributed by atoms with Gasteiger partial charge in [-0.25, -0.2) is 0 Å². The van der Waals surface area contributed by atoms with E-state index in [9.17, 15) is 14.7 Å². The molecule has 0 aromatic heterocycles. The number of esters is 2. The van der Waals surface area contributed by atoms with Crippen molar-refractivity contribution in [3.8, 4) is 0 Å². The molecule has 44 heavy (non-hydrogen) atoms. The summed E-state index contributed by atoms with van der Waals surface area (Å²) in [6.45, 7) is 4.01. The van der Waals surface area contributed by atoms with E-state index in [0.717, 1.165) is 70.6 Å². The molecule has 0 aromatic carbocycles. The van der Waals surface area contributed by atoms with Crippen molar-refractivity contribution in [2.24, 2.45) is 0 Å². The summed E-state index contributed by atoms with van der Waals surface area (Å²) in [6.07, 6.45) is 44.1. The summed E-state index contributed by atoms with van der Waals surface area (Å²) in [4.78, 5) is 24.1. The van der Waals surface area contributed by atoms with Crippen LogP contribution in [0.5, 0.6) is 0 Å². The zero-order valence-electron chi connectivity index (χ0n) is 28.4. The second-order valence-corrected chi connectivity index (χ2v) is 11.6. The number of unbranched alkanes of at least 4 members (excludes halogenated alkanes) is 13. The number of aliphatic hydroxyl groups excluding tert-OH is 1. The number of hydrogen-bond acceptors (Lipinski definition) is 5. The lowest BCUT2D eigenvalue weighted by Crippen LogP contribution is -2.28. The number of allylic oxidation sites excluding steroid dienone is 10. The van der Waals surface area contributed by atoms with Crippen molar-refractivity contribution in [1.29, 1.82) is 0 Å². The Bertz CT molecular complexity index is 792. The van der Waals surface area contributed by atoms with Gasteiger partial charge in [0, 0.05) is 12.8 Å². The zero-order chi connectivity index (χ0) is 32.2. The first-order chi connectivity index (χ1) is 21.6. The molecule has 0 saturated carbocycles. The molecule has 5 heteroatoms. The van der Waals surface area contributed by atoms with Crippen molar-refractivity contribution >= 4 is 11.9 Å². The number of hydrogen-bond donors (Lipinski definition) is 1. The Hall–Kier alpha value is -2.40. The Morgan fingerprint density at radius 3 is 1.48 bits per heavy atom. The fourth-order valence-electron chi connectivity index (χ4n) is 4.52. The molecule has 0 heterocycles. The highest BCUT2D eigenvalue weighted by Gasteiger charge is 2.16. The van der Waals surface area contributed by atoms with Crippen LogP contribution in [0.25, 0.3) is 0 Å².